The topological polar surface area (TPSA) is 31.9 Å². The number of aryl methyl sites for hydroxylation is 1. The van der Waals surface area contributed by atoms with E-state index in [1.165, 1.54) is 30.5 Å². The Morgan fingerprint density at radius 2 is 2.33 bits per heavy atom. The normalized spacial score (nSPS) is 20.9. The Labute approximate surface area is 108 Å². The Morgan fingerprint density at radius 3 is 3.11 bits per heavy atom. The average molecular weight is 243 g/mol. The molecule has 3 nitrogen and oxygen atoms in total. The van der Waals surface area contributed by atoms with Gasteiger partial charge in [0.15, 0.2) is 0 Å². The van der Waals surface area contributed by atoms with E-state index in [1.807, 2.05) is 0 Å². The van der Waals surface area contributed by atoms with Crippen molar-refractivity contribution in [2.45, 2.75) is 39.2 Å². The van der Waals surface area contributed by atoms with Gasteiger partial charge in [-0.2, -0.15) is 0 Å². The van der Waals surface area contributed by atoms with Crippen LogP contribution in [0.25, 0.3) is 11.0 Å². The number of aromatic amines is 1. The van der Waals surface area contributed by atoms with Crippen molar-refractivity contribution in [1.82, 2.24) is 14.9 Å². The third-order valence-corrected chi connectivity index (χ3v) is 4.01. The van der Waals surface area contributed by atoms with Crippen molar-refractivity contribution in [3.63, 3.8) is 0 Å². The zero-order valence-electron chi connectivity index (χ0n) is 11.2. The third-order valence-electron chi connectivity index (χ3n) is 4.01. The van der Waals surface area contributed by atoms with Crippen LogP contribution in [0.3, 0.4) is 0 Å². The zero-order chi connectivity index (χ0) is 12.5. The van der Waals surface area contributed by atoms with Gasteiger partial charge in [0, 0.05) is 19.0 Å². The molecule has 1 fully saturated rings. The molecule has 1 saturated heterocycles. The highest BCUT2D eigenvalue weighted by molar-refractivity contribution is 5.75. The maximum Gasteiger partial charge on any atom is 0.108 e. The van der Waals surface area contributed by atoms with Gasteiger partial charge in [-0.05, 0) is 50.9 Å². The highest BCUT2D eigenvalue weighted by Gasteiger charge is 2.19. The van der Waals surface area contributed by atoms with Crippen LogP contribution in [-0.2, 0) is 6.42 Å². The number of imidazole rings is 1. The average Bonchev–Trinajstić information content (AvgIpc) is 2.92. The van der Waals surface area contributed by atoms with Gasteiger partial charge in [-0.3, -0.25) is 0 Å². The van der Waals surface area contributed by atoms with Crippen LogP contribution < -0.4 is 0 Å². The number of nitrogens with zero attached hydrogens (tertiary/aromatic N) is 2. The summed E-state index contributed by atoms with van der Waals surface area (Å²) in [6.07, 6.45) is 3.72. The van der Waals surface area contributed by atoms with E-state index in [-0.39, 0.29) is 0 Å². The van der Waals surface area contributed by atoms with Gasteiger partial charge in [0.05, 0.1) is 11.0 Å². The van der Waals surface area contributed by atoms with Gasteiger partial charge in [-0.15, -0.1) is 0 Å². The van der Waals surface area contributed by atoms with Gasteiger partial charge in [0.2, 0.25) is 0 Å². The van der Waals surface area contributed by atoms with Gasteiger partial charge in [-0.25, -0.2) is 4.98 Å². The molecule has 1 N–H and O–H groups in total. The van der Waals surface area contributed by atoms with Crippen LogP contribution in [0.2, 0.25) is 0 Å². The lowest BCUT2D eigenvalue weighted by Gasteiger charge is -2.19. The molecular formula is C15H21N3. The summed E-state index contributed by atoms with van der Waals surface area (Å²) in [5.74, 6) is 1.12. The lowest BCUT2D eigenvalue weighted by atomic mass is 10.2. The Balaban J connectivity index is 1.71. The van der Waals surface area contributed by atoms with Crippen LogP contribution in [0, 0.1) is 6.92 Å². The molecule has 1 aromatic heterocycles. The summed E-state index contributed by atoms with van der Waals surface area (Å²) < 4.78 is 0. The van der Waals surface area contributed by atoms with Crippen molar-refractivity contribution >= 4 is 11.0 Å². The quantitative estimate of drug-likeness (QED) is 0.899. The summed E-state index contributed by atoms with van der Waals surface area (Å²) >= 11 is 0. The molecule has 1 aliphatic heterocycles. The maximum absolute atomic E-state index is 4.66. The fourth-order valence-electron chi connectivity index (χ4n) is 2.87. The molecule has 1 aromatic carbocycles. The molecule has 0 aliphatic carbocycles. The lowest BCUT2D eigenvalue weighted by molar-refractivity contribution is 0.271. The number of aromatic nitrogens is 2. The number of benzene rings is 1. The molecule has 0 radical (unpaired) electrons. The van der Waals surface area contributed by atoms with Crippen molar-refractivity contribution < 1.29 is 0 Å². The van der Waals surface area contributed by atoms with Crippen molar-refractivity contribution in [1.29, 1.82) is 0 Å². The zero-order valence-corrected chi connectivity index (χ0v) is 11.2. The largest absolute Gasteiger partial charge is 0.342 e. The Hall–Kier alpha value is -1.35. The molecule has 2 aromatic rings. The summed E-state index contributed by atoms with van der Waals surface area (Å²) in [5, 5.41) is 0. The highest BCUT2D eigenvalue weighted by Crippen LogP contribution is 2.17. The lowest BCUT2D eigenvalue weighted by Crippen LogP contribution is -2.29. The minimum absolute atomic E-state index is 0.747. The van der Waals surface area contributed by atoms with Crippen LogP contribution >= 0.6 is 0 Å². The van der Waals surface area contributed by atoms with Crippen molar-refractivity contribution in [3.05, 3.63) is 29.6 Å². The fourth-order valence-corrected chi connectivity index (χ4v) is 2.87. The van der Waals surface area contributed by atoms with E-state index in [4.69, 9.17) is 0 Å². The molecule has 0 spiro atoms. The standard InChI is InChI=1S/C15H21N3/c1-11-5-6-13-14(10-11)17-15(16-13)7-9-18-8-3-4-12(18)2/h5-6,10,12H,3-4,7-9H2,1-2H3,(H,16,17). The van der Waals surface area contributed by atoms with Gasteiger partial charge in [-0.1, -0.05) is 6.07 Å². The van der Waals surface area contributed by atoms with Gasteiger partial charge >= 0.3 is 0 Å². The van der Waals surface area contributed by atoms with Crippen molar-refractivity contribution in [2.24, 2.45) is 0 Å². The number of likely N-dealkylation sites (tertiary alicyclic amines) is 1. The molecular weight excluding hydrogens is 222 g/mol. The highest BCUT2D eigenvalue weighted by atomic mass is 15.2. The van der Waals surface area contributed by atoms with Crippen molar-refractivity contribution in [3.8, 4) is 0 Å². The third kappa shape index (κ3) is 2.27. The van der Waals surface area contributed by atoms with Gasteiger partial charge in [0.25, 0.3) is 0 Å². The first-order chi connectivity index (χ1) is 8.72. The van der Waals surface area contributed by atoms with Crippen molar-refractivity contribution in [2.75, 3.05) is 13.1 Å². The number of rotatable bonds is 3. The maximum atomic E-state index is 4.66. The van der Waals surface area contributed by atoms with Crippen LogP contribution in [0.4, 0.5) is 0 Å². The molecule has 0 amide bonds. The molecule has 1 aliphatic rings. The van der Waals surface area contributed by atoms with E-state index in [1.54, 1.807) is 0 Å². The van der Waals surface area contributed by atoms with E-state index in [9.17, 15) is 0 Å². The first kappa shape index (κ1) is 11.7. The second kappa shape index (κ2) is 4.73. The van der Waals surface area contributed by atoms with Crippen LogP contribution in [-0.4, -0.2) is 34.0 Å². The van der Waals surface area contributed by atoms with E-state index >= 15 is 0 Å². The molecule has 1 atom stereocenters. The fraction of sp³-hybridized carbons (Fsp3) is 0.533. The van der Waals surface area contributed by atoms with Crippen LogP contribution in [0.5, 0.6) is 0 Å². The molecule has 2 heterocycles. The Morgan fingerprint density at radius 1 is 1.44 bits per heavy atom. The van der Waals surface area contributed by atoms with E-state index in [0.717, 1.165) is 30.3 Å². The van der Waals surface area contributed by atoms with Crippen LogP contribution in [0.15, 0.2) is 18.2 Å². The van der Waals surface area contributed by atoms with E-state index in [0.29, 0.717) is 0 Å². The van der Waals surface area contributed by atoms with E-state index < -0.39 is 0 Å². The summed E-state index contributed by atoms with van der Waals surface area (Å²) in [6.45, 7) is 6.82. The predicted octanol–water partition coefficient (Wildman–Crippen LogP) is 2.90. The molecule has 18 heavy (non-hydrogen) atoms. The van der Waals surface area contributed by atoms with Gasteiger partial charge < -0.3 is 9.88 Å². The smallest absolute Gasteiger partial charge is 0.108 e. The van der Waals surface area contributed by atoms with E-state index in [2.05, 4.69) is 46.9 Å². The minimum Gasteiger partial charge on any atom is -0.342 e. The van der Waals surface area contributed by atoms with Gasteiger partial charge in [0.1, 0.15) is 5.82 Å². The summed E-state index contributed by atoms with van der Waals surface area (Å²) in [5.41, 5.74) is 3.54. The molecule has 0 saturated carbocycles. The number of hydrogen-bond acceptors (Lipinski definition) is 2. The Bertz CT molecular complexity index is 544. The molecule has 3 rings (SSSR count). The summed E-state index contributed by atoms with van der Waals surface area (Å²) in [6, 6.07) is 7.14. The molecule has 0 bridgehead atoms. The SMILES string of the molecule is Cc1ccc2nc(CCN3CCCC3C)[nH]c2c1. The monoisotopic (exact) mass is 243 g/mol. The number of fused-ring (bicyclic) bond motifs is 1. The molecule has 3 heteroatoms. The molecule has 96 valence electrons. The predicted molar refractivity (Wildman–Crippen MR) is 74.8 cm³/mol. The number of hydrogen-bond donors (Lipinski definition) is 1. The first-order valence-electron chi connectivity index (χ1n) is 6.92. The van der Waals surface area contributed by atoms with Crippen LogP contribution in [0.1, 0.15) is 31.2 Å². The number of nitrogens with one attached hydrogen (secondary N) is 1. The number of H-pyrrole nitrogens is 1. The first-order valence-corrected chi connectivity index (χ1v) is 6.92. The summed E-state index contributed by atoms with van der Waals surface area (Å²) in [4.78, 5) is 10.7. The second-order valence-electron chi connectivity index (χ2n) is 5.48. The minimum atomic E-state index is 0.747. The summed E-state index contributed by atoms with van der Waals surface area (Å²) in [7, 11) is 0. The molecule has 1 unspecified atom stereocenters. The Kier molecular flexibility index (Phi) is 3.08. The second-order valence-corrected chi connectivity index (χ2v) is 5.48.